The SMILES string of the molecule is COC(=O)c1cc([N+](=O)[O-])ccc1Nc1ccc2c(c1)OCCO2. The van der Waals surface area contributed by atoms with Crippen LogP contribution in [0.25, 0.3) is 0 Å². The van der Waals surface area contributed by atoms with E-state index in [-0.39, 0.29) is 11.3 Å². The van der Waals surface area contributed by atoms with Crippen molar-refractivity contribution in [1.29, 1.82) is 0 Å². The fourth-order valence-electron chi connectivity index (χ4n) is 2.31. The van der Waals surface area contributed by atoms with E-state index in [0.29, 0.717) is 36.1 Å². The van der Waals surface area contributed by atoms with Gasteiger partial charge in [0, 0.05) is 23.9 Å². The van der Waals surface area contributed by atoms with Gasteiger partial charge in [-0.15, -0.1) is 0 Å². The zero-order valence-corrected chi connectivity index (χ0v) is 12.8. The Balaban J connectivity index is 1.94. The summed E-state index contributed by atoms with van der Waals surface area (Å²) in [6.45, 7) is 0.954. The first-order valence-corrected chi connectivity index (χ1v) is 7.12. The maximum absolute atomic E-state index is 11.9. The molecule has 0 radical (unpaired) electrons. The first-order valence-electron chi connectivity index (χ1n) is 7.12. The predicted molar refractivity (Wildman–Crippen MR) is 85.2 cm³/mol. The molecular weight excluding hydrogens is 316 g/mol. The van der Waals surface area contributed by atoms with E-state index in [4.69, 9.17) is 14.2 Å². The third kappa shape index (κ3) is 3.07. The van der Waals surface area contributed by atoms with Crippen molar-refractivity contribution in [1.82, 2.24) is 0 Å². The average molecular weight is 330 g/mol. The minimum Gasteiger partial charge on any atom is -0.486 e. The number of methoxy groups -OCH3 is 1. The molecule has 2 aromatic carbocycles. The molecule has 3 rings (SSSR count). The third-order valence-electron chi connectivity index (χ3n) is 3.44. The Bertz CT molecular complexity index is 805. The molecule has 0 bridgehead atoms. The third-order valence-corrected chi connectivity index (χ3v) is 3.44. The minimum atomic E-state index is -0.668. The molecule has 0 saturated heterocycles. The van der Waals surface area contributed by atoms with Crippen LogP contribution in [0.5, 0.6) is 11.5 Å². The lowest BCUT2D eigenvalue weighted by Gasteiger charge is -2.19. The predicted octanol–water partition coefficient (Wildman–Crippen LogP) is 2.90. The number of nitrogens with zero attached hydrogens (tertiary/aromatic N) is 1. The van der Waals surface area contributed by atoms with E-state index < -0.39 is 10.9 Å². The molecule has 24 heavy (non-hydrogen) atoms. The molecule has 1 aliphatic rings. The van der Waals surface area contributed by atoms with Crippen LogP contribution in [0.3, 0.4) is 0 Å². The van der Waals surface area contributed by atoms with Crippen LogP contribution in [0.1, 0.15) is 10.4 Å². The fraction of sp³-hybridized carbons (Fsp3) is 0.188. The molecule has 0 aliphatic carbocycles. The van der Waals surface area contributed by atoms with E-state index in [9.17, 15) is 14.9 Å². The van der Waals surface area contributed by atoms with Crippen molar-refractivity contribution in [2.75, 3.05) is 25.6 Å². The summed E-state index contributed by atoms with van der Waals surface area (Å²) in [6.07, 6.45) is 0. The minimum absolute atomic E-state index is 0.0709. The molecule has 0 spiro atoms. The van der Waals surface area contributed by atoms with Gasteiger partial charge in [-0.1, -0.05) is 0 Å². The number of nitro benzene ring substituents is 1. The lowest BCUT2D eigenvalue weighted by atomic mass is 10.1. The number of esters is 1. The summed E-state index contributed by atoms with van der Waals surface area (Å²) in [4.78, 5) is 22.2. The van der Waals surface area contributed by atoms with E-state index in [1.54, 1.807) is 18.2 Å². The Hall–Kier alpha value is -3.29. The van der Waals surface area contributed by atoms with Crippen LogP contribution in [0.2, 0.25) is 0 Å². The van der Waals surface area contributed by atoms with Crippen LogP contribution >= 0.6 is 0 Å². The van der Waals surface area contributed by atoms with Crippen molar-refractivity contribution < 1.29 is 23.9 Å². The molecule has 8 nitrogen and oxygen atoms in total. The average Bonchev–Trinajstić information content (AvgIpc) is 2.61. The smallest absolute Gasteiger partial charge is 0.340 e. The van der Waals surface area contributed by atoms with Gasteiger partial charge >= 0.3 is 5.97 Å². The van der Waals surface area contributed by atoms with Crippen LogP contribution in [-0.2, 0) is 4.74 Å². The van der Waals surface area contributed by atoms with Gasteiger partial charge < -0.3 is 19.5 Å². The number of benzene rings is 2. The second-order valence-corrected chi connectivity index (χ2v) is 4.96. The normalized spacial score (nSPS) is 12.4. The van der Waals surface area contributed by atoms with Gasteiger partial charge in [-0.05, 0) is 18.2 Å². The monoisotopic (exact) mass is 330 g/mol. The van der Waals surface area contributed by atoms with Gasteiger partial charge in [-0.3, -0.25) is 10.1 Å². The number of anilines is 2. The van der Waals surface area contributed by atoms with E-state index in [2.05, 4.69) is 5.32 Å². The second kappa shape index (κ2) is 6.45. The lowest BCUT2D eigenvalue weighted by Crippen LogP contribution is -2.15. The van der Waals surface area contributed by atoms with E-state index in [1.165, 1.54) is 25.3 Å². The molecule has 1 heterocycles. The number of hydrogen-bond acceptors (Lipinski definition) is 7. The standard InChI is InChI=1S/C16H14N2O6/c1-22-16(19)12-9-11(18(20)21)3-4-13(12)17-10-2-5-14-15(8-10)24-7-6-23-14/h2-5,8-9,17H,6-7H2,1H3. The first kappa shape index (κ1) is 15.6. The molecule has 0 unspecified atom stereocenters. The Morgan fingerprint density at radius 1 is 1.17 bits per heavy atom. The Kier molecular flexibility index (Phi) is 4.19. The van der Waals surface area contributed by atoms with Gasteiger partial charge in [0.25, 0.3) is 5.69 Å². The summed E-state index contributed by atoms with van der Waals surface area (Å²) in [6, 6.07) is 9.19. The Labute approximate surface area is 137 Å². The van der Waals surface area contributed by atoms with Crippen molar-refractivity contribution in [3.05, 3.63) is 52.1 Å². The maximum Gasteiger partial charge on any atom is 0.340 e. The number of hydrogen-bond donors (Lipinski definition) is 1. The molecule has 0 amide bonds. The number of non-ortho nitro benzene ring substituents is 1. The maximum atomic E-state index is 11.9. The Morgan fingerprint density at radius 2 is 1.92 bits per heavy atom. The summed E-state index contributed by atoms with van der Waals surface area (Å²) in [5.41, 5.74) is 0.923. The van der Waals surface area contributed by atoms with Crippen LogP contribution < -0.4 is 14.8 Å². The van der Waals surface area contributed by atoms with Crippen LogP contribution in [-0.4, -0.2) is 31.2 Å². The summed E-state index contributed by atoms with van der Waals surface area (Å²) in [7, 11) is 1.22. The number of carbonyl (C=O) groups excluding carboxylic acids is 1. The van der Waals surface area contributed by atoms with Gasteiger partial charge in [0.2, 0.25) is 0 Å². The van der Waals surface area contributed by atoms with Crippen molar-refractivity contribution in [3.8, 4) is 11.5 Å². The van der Waals surface area contributed by atoms with Crippen LogP contribution in [0.15, 0.2) is 36.4 Å². The van der Waals surface area contributed by atoms with E-state index in [1.807, 2.05) is 0 Å². The zero-order chi connectivity index (χ0) is 17.1. The molecular formula is C16H14N2O6. The topological polar surface area (TPSA) is 99.9 Å². The summed E-state index contributed by atoms with van der Waals surface area (Å²) in [5.74, 6) is 0.565. The fourth-order valence-corrected chi connectivity index (χ4v) is 2.31. The van der Waals surface area contributed by atoms with Gasteiger partial charge in [0.1, 0.15) is 13.2 Å². The number of nitro groups is 1. The molecule has 0 atom stereocenters. The summed E-state index contributed by atoms with van der Waals surface area (Å²) < 4.78 is 15.6. The highest BCUT2D eigenvalue weighted by molar-refractivity contribution is 5.97. The highest BCUT2D eigenvalue weighted by Gasteiger charge is 2.18. The summed E-state index contributed by atoms with van der Waals surface area (Å²) in [5, 5.41) is 13.9. The number of ether oxygens (including phenoxy) is 3. The molecule has 8 heteroatoms. The number of fused-ring (bicyclic) bond motifs is 1. The highest BCUT2D eigenvalue weighted by Crippen LogP contribution is 2.34. The molecule has 2 aromatic rings. The van der Waals surface area contributed by atoms with Gasteiger partial charge in [-0.25, -0.2) is 4.79 Å². The zero-order valence-electron chi connectivity index (χ0n) is 12.8. The van der Waals surface area contributed by atoms with Crippen molar-refractivity contribution in [3.63, 3.8) is 0 Å². The molecule has 0 fully saturated rings. The van der Waals surface area contributed by atoms with Crippen LogP contribution in [0, 0.1) is 10.1 Å². The lowest BCUT2D eigenvalue weighted by molar-refractivity contribution is -0.384. The largest absolute Gasteiger partial charge is 0.486 e. The number of nitrogens with one attached hydrogen (secondary N) is 1. The van der Waals surface area contributed by atoms with Crippen molar-refractivity contribution in [2.45, 2.75) is 0 Å². The first-order chi connectivity index (χ1) is 11.6. The summed E-state index contributed by atoms with van der Waals surface area (Å²) >= 11 is 0. The van der Waals surface area contributed by atoms with E-state index >= 15 is 0 Å². The van der Waals surface area contributed by atoms with Gasteiger partial charge in [0.05, 0.1) is 23.3 Å². The van der Waals surface area contributed by atoms with Gasteiger partial charge in [-0.2, -0.15) is 0 Å². The quantitative estimate of drug-likeness (QED) is 0.522. The van der Waals surface area contributed by atoms with Crippen LogP contribution in [0.4, 0.5) is 17.1 Å². The molecule has 1 N–H and O–H groups in total. The van der Waals surface area contributed by atoms with Crippen molar-refractivity contribution >= 4 is 23.0 Å². The molecule has 0 saturated carbocycles. The van der Waals surface area contributed by atoms with E-state index in [0.717, 1.165) is 0 Å². The Morgan fingerprint density at radius 3 is 2.62 bits per heavy atom. The second-order valence-electron chi connectivity index (χ2n) is 4.96. The number of rotatable bonds is 4. The molecule has 124 valence electrons. The highest BCUT2D eigenvalue weighted by atomic mass is 16.6. The number of carbonyl (C=O) groups is 1. The van der Waals surface area contributed by atoms with Crippen molar-refractivity contribution in [2.24, 2.45) is 0 Å². The molecule has 0 aromatic heterocycles. The molecule has 1 aliphatic heterocycles. The van der Waals surface area contributed by atoms with Gasteiger partial charge in [0.15, 0.2) is 11.5 Å².